The van der Waals surface area contributed by atoms with Crippen LogP contribution in [-0.2, 0) is 9.63 Å². The summed E-state index contributed by atoms with van der Waals surface area (Å²) in [5.41, 5.74) is -0.0422. The molecular formula is C11H9Cl2NO3. The molecule has 0 saturated heterocycles. The molecule has 2 rings (SSSR count). The molecule has 17 heavy (non-hydrogen) atoms. The Balaban J connectivity index is 2.26. The van der Waals surface area contributed by atoms with Gasteiger partial charge in [-0.2, -0.15) is 0 Å². The highest BCUT2D eigenvalue weighted by atomic mass is 35.5. The van der Waals surface area contributed by atoms with Gasteiger partial charge in [-0.3, -0.25) is 0 Å². The molecule has 1 unspecified atom stereocenters. The van der Waals surface area contributed by atoms with E-state index in [1.165, 1.54) is 6.92 Å². The summed E-state index contributed by atoms with van der Waals surface area (Å²) in [6.45, 7) is 1.48. The van der Waals surface area contributed by atoms with Crippen LogP contribution in [0.3, 0.4) is 0 Å². The van der Waals surface area contributed by atoms with Crippen molar-refractivity contribution in [1.82, 2.24) is 0 Å². The van der Waals surface area contributed by atoms with Crippen molar-refractivity contribution in [2.45, 2.75) is 18.9 Å². The number of nitrogens with zero attached hydrogens (tertiary/aromatic N) is 1. The summed E-state index contributed by atoms with van der Waals surface area (Å²) < 4.78 is 0. The highest BCUT2D eigenvalue weighted by molar-refractivity contribution is 6.42. The van der Waals surface area contributed by atoms with E-state index < -0.39 is 11.6 Å². The van der Waals surface area contributed by atoms with E-state index in [0.29, 0.717) is 21.3 Å². The highest BCUT2D eigenvalue weighted by Crippen LogP contribution is 2.29. The molecule has 90 valence electrons. The summed E-state index contributed by atoms with van der Waals surface area (Å²) >= 11 is 11.7. The Hall–Kier alpha value is -1.26. The number of carbonyl (C=O) groups is 1. The number of oxime groups is 1. The normalized spacial score (nSPS) is 23.1. The number of rotatable bonds is 2. The summed E-state index contributed by atoms with van der Waals surface area (Å²) in [6.07, 6.45) is 0.195. The van der Waals surface area contributed by atoms with E-state index in [1.54, 1.807) is 18.2 Å². The number of halogens is 2. The van der Waals surface area contributed by atoms with E-state index in [-0.39, 0.29) is 6.42 Å². The lowest BCUT2D eigenvalue weighted by atomic mass is 9.96. The van der Waals surface area contributed by atoms with Crippen LogP contribution in [0.5, 0.6) is 0 Å². The van der Waals surface area contributed by atoms with Crippen LogP contribution >= 0.6 is 23.2 Å². The number of hydrogen-bond acceptors (Lipinski definition) is 3. The standard InChI is InChI=1S/C11H9Cl2NO3/c1-11(10(15)16)5-9(14-17-11)6-2-3-7(12)8(13)4-6/h2-4H,5H2,1H3,(H,15,16). The average molecular weight is 274 g/mol. The first-order chi connectivity index (χ1) is 7.92. The lowest BCUT2D eigenvalue weighted by molar-refractivity contribution is -0.160. The minimum Gasteiger partial charge on any atom is -0.478 e. The zero-order chi connectivity index (χ0) is 12.6. The van der Waals surface area contributed by atoms with Crippen molar-refractivity contribution in [3.05, 3.63) is 33.8 Å². The smallest absolute Gasteiger partial charge is 0.351 e. The van der Waals surface area contributed by atoms with Crippen molar-refractivity contribution in [1.29, 1.82) is 0 Å². The molecule has 4 nitrogen and oxygen atoms in total. The van der Waals surface area contributed by atoms with Crippen molar-refractivity contribution in [3.63, 3.8) is 0 Å². The molecule has 0 bridgehead atoms. The Morgan fingerprint density at radius 2 is 2.18 bits per heavy atom. The van der Waals surface area contributed by atoms with Crippen molar-refractivity contribution < 1.29 is 14.7 Å². The first-order valence-electron chi connectivity index (χ1n) is 4.86. The fourth-order valence-electron chi connectivity index (χ4n) is 1.48. The van der Waals surface area contributed by atoms with Gasteiger partial charge in [0.1, 0.15) is 0 Å². The van der Waals surface area contributed by atoms with Gasteiger partial charge in [0.2, 0.25) is 5.60 Å². The Morgan fingerprint density at radius 1 is 1.47 bits per heavy atom. The molecule has 1 N–H and O–H groups in total. The second-order valence-electron chi connectivity index (χ2n) is 3.97. The van der Waals surface area contributed by atoms with Crippen LogP contribution in [0.15, 0.2) is 23.4 Å². The molecule has 0 aromatic heterocycles. The van der Waals surface area contributed by atoms with Gasteiger partial charge in [-0.1, -0.05) is 34.4 Å². The van der Waals surface area contributed by atoms with Crippen molar-refractivity contribution >= 4 is 34.9 Å². The predicted molar refractivity (Wildman–Crippen MR) is 64.7 cm³/mol. The van der Waals surface area contributed by atoms with Crippen LogP contribution in [0, 0.1) is 0 Å². The third-order valence-electron chi connectivity index (χ3n) is 2.57. The van der Waals surface area contributed by atoms with Crippen LogP contribution < -0.4 is 0 Å². The number of aliphatic carboxylic acids is 1. The van der Waals surface area contributed by atoms with Gasteiger partial charge in [-0.25, -0.2) is 4.79 Å². The maximum atomic E-state index is 11.0. The van der Waals surface area contributed by atoms with Crippen LogP contribution in [0.2, 0.25) is 10.0 Å². The van der Waals surface area contributed by atoms with Crippen LogP contribution in [0.1, 0.15) is 18.9 Å². The largest absolute Gasteiger partial charge is 0.478 e. The maximum Gasteiger partial charge on any atom is 0.351 e. The summed E-state index contributed by atoms with van der Waals surface area (Å²) in [6, 6.07) is 5.00. The number of benzene rings is 1. The van der Waals surface area contributed by atoms with Crippen molar-refractivity contribution in [2.75, 3.05) is 0 Å². The number of carboxylic acids is 1. The topological polar surface area (TPSA) is 58.9 Å². The van der Waals surface area contributed by atoms with Gasteiger partial charge in [0, 0.05) is 12.0 Å². The second kappa shape index (κ2) is 4.20. The number of carboxylic acid groups (broad SMARTS) is 1. The van der Waals surface area contributed by atoms with Gasteiger partial charge in [0.05, 0.1) is 15.8 Å². The third-order valence-corrected chi connectivity index (χ3v) is 3.31. The fourth-order valence-corrected chi connectivity index (χ4v) is 1.78. The molecule has 0 fully saturated rings. The molecule has 1 aromatic rings. The average Bonchev–Trinajstić information content (AvgIpc) is 2.67. The first kappa shape index (κ1) is 12.2. The summed E-state index contributed by atoms with van der Waals surface area (Å²) in [4.78, 5) is 15.9. The second-order valence-corrected chi connectivity index (χ2v) is 4.79. The Bertz CT molecular complexity index is 515. The molecule has 0 amide bonds. The van der Waals surface area contributed by atoms with Crippen LogP contribution in [0.4, 0.5) is 0 Å². The monoisotopic (exact) mass is 273 g/mol. The third kappa shape index (κ3) is 2.23. The zero-order valence-electron chi connectivity index (χ0n) is 8.91. The van der Waals surface area contributed by atoms with Crippen molar-refractivity contribution in [3.8, 4) is 0 Å². The molecule has 1 aliphatic heterocycles. The molecule has 1 heterocycles. The summed E-state index contributed by atoms with van der Waals surface area (Å²) in [7, 11) is 0. The molecule has 1 aliphatic rings. The molecule has 1 aromatic carbocycles. The van der Waals surface area contributed by atoms with Crippen molar-refractivity contribution in [2.24, 2.45) is 5.16 Å². The van der Waals surface area contributed by atoms with E-state index in [0.717, 1.165) is 0 Å². The molecule has 1 atom stereocenters. The van der Waals surface area contributed by atoms with Gasteiger partial charge in [0.15, 0.2) is 0 Å². The lowest BCUT2D eigenvalue weighted by Gasteiger charge is -2.14. The highest BCUT2D eigenvalue weighted by Gasteiger charge is 2.42. The van der Waals surface area contributed by atoms with Gasteiger partial charge >= 0.3 is 5.97 Å². The molecule has 0 radical (unpaired) electrons. The molecular weight excluding hydrogens is 265 g/mol. The fraction of sp³-hybridized carbons (Fsp3) is 0.273. The van der Waals surface area contributed by atoms with E-state index in [2.05, 4.69) is 5.16 Å². The Kier molecular flexibility index (Phi) is 3.02. The van der Waals surface area contributed by atoms with Gasteiger partial charge in [0.25, 0.3) is 0 Å². The van der Waals surface area contributed by atoms with Gasteiger partial charge in [-0.15, -0.1) is 0 Å². The van der Waals surface area contributed by atoms with Crippen LogP contribution in [-0.4, -0.2) is 22.4 Å². The SMILES string of the molecule is CC1(C(=O)O)CC(c2ccc(Cl)c(Cl)c2)=NO1. The van der Waals surface area contributed by atoms with Gasteiger partial charge in [-0.05, 0) is 19.1 Å². The summed E-state index contributed by atoms with van der Waals surface area (Å²) in [5, 5.41) is 13.6. The van der Waals surface area contributed by atoms with E-state index in [9.17, 15) is 4.79 Å². The van der Waals surface area contributed by atoms with E-state index in [1.807, 2.05) is 0 Å². The summed E-state index contributed by atoms with van der Waals surface area (Å²) in [5.74, 6) is -1.05. The molecule has 0 spiro atoms. The van der Waals surface area contributed by atoms with E-state index in [4.69, 9.17) is 33.1 Å². The van der Waals surface area contributed by atoms with Gasteiger partial charge < -0.3 is 9.94 Å². The minimum absolute atomic E-state index is 0.195. The first-order valence-corrected chi connectivity index (χ1v) is 5.62. The number of hydrogen-bond donors (Lipinski definition) is 1. The minimum atomic E-state index is -1.30. The predicted octanol–water partition coefficient (Wildman–Crippen LogP) is 2.96. The van der Waals surface area contributed by atoms with E-state index >= 15 is 0 Å². The Labute approximate surface area is 108 Å². The lowest BCUT2D eigenvalue weighted by Crippen LogP contribution is -2.35. The Morgan fingerprint density at radius 3 is 2.71 bits per heavy atom. The maximum absolute atomic E-state index is 11.0. The molecule has 0 aliphatic carbocycles. The quantitative estimate of drug-likeness (QED) is 0.901. The zero-order valence-corrected chi connectivity index (χ0v) is 10.4. The van der Waals surface area contributed by atoms with Crippen LogP contribution in [0.25, 0.3) is 0 Å². The molecule has 0 saturated carbocycles. The molecule has 6 heteroatoms.